The molecular formula is C22H22F3N3O5. The Balaban J connectivity index is 1.47. The molecule has 0 spiro atoms. The topological polar surface area (TPSA) is 110 Å². The SMILES string of the molecule is O=C(C[C@H]1C[C@H]2c3cc(NC(=O)c4cccnc4)ccc3O[C@H]2[C@H](CO)O1)NCC(F)(F)F. The van der Waals surface area contributed by atoms with E-state index in [2.05, 4.69) is 10.3 Å². The van der Waals surface area contributed by atoms with Gasteiger partial charge in [-0.25, -0.2) is 0 Å². The number of nitrogens with one attached hydrogen (secondary N) is 2. The van der Waals surface area contributed by atoms with Gasteiger partial charge in [0.15, 0.2) is 0 Å². The van der Waals surface area contributed by atoms with Crippen molar-refractivity contribution in [3.8, 4) is 5.75 Å². The molecule has 8 nitrogen and oxygen atoms in total. The Kier molecular flexibility index (Phi) is 6.52. The summed E-state index contributed by atoms with van der Waals surface area (Å²) in [5.41, 5.74) is 1.69. The second kappa shape index (κ2) is 9.36. The summed E-state index contributed by atoms with van der Waals surface area (Å²) in [5.74, 6) is -0.822. The highest BCUT2D eigenvalue weighted by molar-refractivity contribution is 6.04. The average molecular weight is 465 g/mol. The zero-order valence-corrected chi connectivity index (χ0v) is 17.3. The number of nitrogens with zero attached hydrogens (tertiary/aromatic N) is 1. The van der Waals surface area contributed by atoms with Gasteiger partial charge >= 0.3 is 6.18 Å². The molecule has 1 fully saturated rings. The Hall–Kier alpha value is -3.18. The van der Waals surface area contributed by atoms with E-state index in [9.17, 15) is 27.9 Å². The number of aromatic nitrogens is 1. The minimum Gasteiger partial charge on any atom is -0.487 e. The first-order valence-electron chi connectivity index (χ1n) is 10.4. The van der Waals surface area contributed by atoms with Crippen LogP contribution in [-0.2, 0) is 9.53 Å². The molecule has 2 aliphatic heterocycles. The predicted molar refractivity (Wildman–Crippen MR) is 110 cm³/mol. The van der Waals surface area contributed by atoms with Crippen molar-refractivity contribution in [1.82, 2.24) is 10.3 Å². The summed E-state index contributed by atoms with van der Waals surface area (Å²) in [6.07, 6.45) is -3.41. The number of benzene rings is 1. The largest absolute Gasteiger partial charge is 0.487 e. The van der Waals surface area contributed by atoms with E-state index in [0.717, 1.165) is 5.56 Å². The van der Waals surface area contributed by atoms with E-state index in [1.807, 2.05) is 5.32 Å². The number of hydrogen-bond donors (Lipinski definition) is 3. The number of rotatable bonds is 6. The van der Waals surface area contributed by atoms with Gasteiger partial charge in [0.2, 0.25) is 5.91 Å². The first-order valence-corrected chi connectivity index (χ1v) is 10.4. The number of amides is 2. The van der Waals surface area contributed by atoms with Gasteiger partial charge < -0.3 is 25.2 Å². The third-order valence-corrected chi connectivity index (χ3v) is 5.58. The smallest absolute Gasteiger partial charge is 0.405 e. The van der Waals surface area contributed by atoms with Crippen LogP contribution < -0.4 is 15.4 Å². The van der Waals surface area contributed by atoms with Gasteiger partial charge in [-0.1, -0.05) is 0 Å². The number of aliphatic hydroxyl groups is 1. The van der Waals surface area contributed by atoms with Crippen LogP contribution in [-0.4, -0.2) is 59.5 Å². The number of hydrogen-bond acceptors (Lipinski definition) is 6. The zero-order chi connectivity index (χ0) is 23.6. The second-order valence-corrected chi connectivity index (χ2v) is 7.95. The lowest BCUT2D eigenvalue weighted by Gasteiger charge is -2.37. The Labute approximate surface area is 187 Å². The molecule has 1 aromatic carbocycles. The van der Waals surface area contributed by atoms with E-state index in [4.69, 9.17) is 9.47 Å². The fourth-order valence-corrected chi connectivity index (χ4v) is 4.14. The third-order valence-electron chi connectivity index (χ3n) is 5.58. The van der Waals surface area contributed by atoms with Crippen molar-refractivity contribution in [3.63, 3.8) is 0 Å². The van der Waals surface area contributed by atoms with Crippen LogP contribution in [0.3, 0.4) is 0 Å². The molecule has 0 saturated carbocycles. The van der Waals surface area contributed by atoms with E-state index in [1.54, 1.807) is 36.5 Å². The number of anilines is 1. The van der Waals surface area contributed by atoms with Crippen LogP contribution in [0.5, 0.6) is 5.75 Å². The van der Waals surface area contributed by atoms with Gasteiger partial charge in [-0.15, -0.1) is 0 Å². The molecule has 4 atom stereocenters. The van der Waals surface area contributed by atoms with Crippen molar-refractivity contribution in [3.05, 3.63) is 53.9 Å². The lowest BCUT2D eigenvalue weighted by atomic mass is 9.84. The highest BCUT2D eigenvalue weighted by Crippen LogP contribution is 2.47. The van der Waals surface area contributed by atoms with Gasteiger partial charge in [0, 0.05) is 29.6 Å². The molecule has 4 rings (SSSR count). The molecule has 0 radical (unpaired) electrons. The normalized spacial score (nSPS) is 23.8. The van der Waals surface area contributed by atoms with E-state index in [-0.39, 0.29) is 24.9 Å². The van der Waals surface area contributed by atoms with Crippen molar-refractivity contribution in [2.45, 2.75) is 43.2 Å². The Morgan fingerprint density at radius 3 is 2.76 bits per heavy atom. The van der Waals surface area contributed by atoms with E-state index < -0.39 is 36.9 Å². The summed E-state index contributed by atoms with van der Waals surface area (Å²) < 4.78 is 48.8. The average Bonchev–Trinajstić information content (AvgIpc) is 3.15. The van der Waals surface area contributed by atoms with Crippen molar-refractivity contribution < 1.29 is 37.3 Å². The molecule has 176 valence electrons. The van der Waals surface area contributed by atoms with Gasteiger partial charge in [-0.05, 0) is 36.8 Å². The van der Waals surface area contributed by atoms with Crippen LogP contribution >= 0.6 is 0 Å². The quantitative estimate of drug-likeness (QED) is 0.605. The number of pyridine rings is 1. The summed E-state index contributed by atoms with van der Waals surface area (Å²) in [7, 11) is 0. The lowest BCUT2D eigenvalue weighted by Crippen LogP contribution is -2.47. The van der Waals surface area contributed by atoms with E-state index in [1.165, 1.54) is 6.20 Å². The Morgan fingerprint density at radius 2 is 2.06 bits per heavy atom. The van der Waals surface area contributed by atoms with Gasteiger partial charge in [-0.3, -0.25) is 14.6 Å². The number of fused-ring (bicyclic) bond motifs is 3. The fraction of sp³-hybridized carbons (Fsp3) is 0.409. The second-order valence-electron chi connectivity index (χ2n) is 7.95. The monoisotopic (exact) mass is 465 g/mol. The van der Waals surface area contributed by atoms with Crippen molar-refractivity contribution in [1.29, 1.82) is 0 Å². The predicted octanol–water partition coefficient (Wildman–Crippen LogP) is 2.40. The number of aliphatic hydroxyl groups excluding tert-OH is 1. The molecule has 33 heavy (non-hydrogen) atoms. The summed E-state index contributed by atoms with van der Waals surface area (Å²) in [4.78, 5) is 28.3. The van der Waals surface area contributed by atoms with Crippen molar-refractivity contribution in [2.75, 3.05) is 18.5 Å². The molecule has 2 aromatic rings. The van der Waals surface area contributed by atoms with Gasteiger partial charge in [0.05, 0.1) is 24.7 Å². The highest BCUT2D eigenvalue weighted by atomic mass is 19.4. The number of halogens is 3. The first-order chi connectivity index (χ1) is 15.7. The molecule has 11 heteroatoms. The molecule has 3 N–H and O–H groups in total. The maximum atomic E-state index is 12.4. The fourth-order valence-electron chi connectivity index (χ4n) is 4.14. The Bertz CT molecular complexity index is 1020. The first kappa shape index (κ1) is 23.0. The van der Waals surface area contributed by atoms with Crippen LogP contribution in [0.25, 0.3) is 0 Å². The number of carbonyl (C=O) groups excluding carboxylic acids is 2. The molecule has 0 unspecified atom stereocenters. The molecule has 0 bridgehead atoms. The maximum Gasteiger partial charge on any atom is 0.405 e. The molecule has 2 amide bonds. The zero-order valence-electron chi connectivity index (χ0n) is 17.3. The van der Waals surface area contributed by atoms with E-state index >= 15 is 0 Å². The highest BCUT2D eigenvalue weighted by Gasteiger charge is 2.46. The molecule has 0 aliphatic carbocycles. The van der Waals surface area contributed by atoms with Gasteiger partial charge in [0.25, 0.3) is 5.91 Å². The summed E-state index contributed by atoms with van der Waals surface area (Å²) in [6.45, 7) is -1.79. The minimum atomic E-state index is -4.50. The molecule has 1 aromatic heterocycles. The van der Waals surface area contributed by atoms with Crippen LogP contribution in [0.15, 0.2) is 42.7 Å². The number of alkyl halides is 3. The third kappa shape index (κ3) is 5.42. The molecule has 3 heterocycles. The number of carbonyl (C=O) groups is 2. The molecule has 1 saturated heterocycles. The van der Waals surface area contributed by atoms with E-state index in [0.29, 0.717) is 23.4 Å². The summed E-state index contributed by atoms with van der Waals surface area (Å²) >= 11 is 0. The van der Waals surface area contributed by atoms with Crippen molar-refractivity contribution >= 4 is 17.5 Å². The lowest BCUT2D eigenvalue weighted by molar-refractivity contribution is -0.149. The van der Waals surface area contributed by atoms with Crippen LogP contribution in [0.1, 0.15) is 34.7 Å². The standard InChI is InChI=1S/C22H22F3N3O5/c23-22(24,25)11-27-19(30)8-14-7-16-15-6-13(28-21(31)12-2-1-5-26-9-12)3-4-17(15)33-20(16)18(10-29)32-14/h1-6,9,14,16,18,20,29H,7-8,10-11H2,(H,27,30)(H,28,31)/t14-,16+,18+,20-/m1/s1. The van der Waals surface area contributed by atoms with Crippen LogP contribution in [0.4, 0.5) is 18.9 Å². The maximum absolute atomic E-state index is 12.4. The summed E-state index contributed by atoms with van der Waals surface area (Å²) in [6, 6.07) is 8.42. The summed E-state index contributed by atoms with van der Waals surface area (Å²) in [5, 5.41) is 14.4. The van der Waals surface area contributed by atoms with Crippen LogP contribution in [0, 0.1) is 0 Å². The van der Waals surface area contributed by atoms with Crippen LogP contribution in [0.2, 0.25) is 0 Å². The molecule has 2 aliphatic rings. The molecular weight excluding hydrogens is 443 g/mol. The Morgan fingerprint density at radius 1 is 1.24 bits per heavy atom. The van der Waals surface area contributed by atoms with Gasteiger partial charge in [0.1, 0.15) is 24.5 Å². The van der Waals surface area contributed by atoms with Gasteiger partial charge in [-0.2, -0.15) is 13.2 Å². The number of ether oxygens (including phenoxy) is 2. The minimum absolute atomic E-state index is 0.262. The van der Waals surface area contributed by atoms with Crippen molar-refractivity contribution in [2.24, 2.45) is 0 Å².